The van der Waals surface area contributed by atoms with Gasteiger partial charge in [0.25, 0.3) is 0 Å². The first-order valence-electron chi connectivity index (χ1n) is 11.3. The molecule has 1 aliphatic carbocycles. The Labute approximate surface area is 188 Å². The predicted octanol–water partition coefficient (Wildman–Crippen LogP) is 2.85. The molecule has 1 saturated carbocycles. The average Bonchev–Trinajstić information content (AvgIpc) is 3.48. The number of aromatic nitrogens is 2. The second kappa shape index (κ2) is 7.46. The molecule has 5 rings (SSSR count). The molecule has 0 radical (unpaired) electrons. The van der Waals surface area contributed by atoms with Gasteiger partial charge in [0.05, 0.1) is 16.8 Å². The van der Waals surface area contributed by atoms with E-state index in [1.165, 1.54) is 6.33 Å². The highest BCUT2D eigenvalue weighted by Gasteiger charge is 2.47. The van der Waals surface area contributed by atoms with Crippen molar-refractivity contribution >= 4 is 23.1 Å². The van der Waals surface area contributed by atoms with Crippen molar-refractivity contribution in [1.29, 1.82) is 5.41 Å². The summed E-state index contributed by atoms with van der Waals surface area (Å²) in [5, 5.41) is 8.75. The summed E-state index contributed by atoms with van der Waals surface area (Å²) in [6.45, 7) is 4.47. The van der Waals surface area contributed by atoms with Gasteiger partial charge < -0.3 is 20.3 Å². The summed E-state index contributed by atoms with van der Waals surface area (Å²) >= 11 is 0. The van der Waals surface area contributed by atoms with Crippen LogP contribution in [0.4, 0.5) is 11.5 Å². The summed E-state index contributed by atoms with van der Waals surface area (Å²) in [5.41, 5.74) is 7.78. The maximum Gasteiger partial charge on any atom is 0.228 e. The lowest BCUT2D eigenvalue weighted by Gasteiger charge is -2.38. The molecule has 3 heterocycles. The zero-order chi connectivity index (χ0) is 22.5. The van der Waals surface area contributed by atoms with Crippen molar-refractivity contribution in [2.45, 2.75) is 44.6 Å². The zero-order valence-electron chi connectivity index (χ0n) is 18.7. The van der Waals surface area contributed by atoms with Crippen LogP contribution in [0.15, 0.2) is 30.6 Å². The molecule has 3 aliphatic rings. The smallest absolute Gasteiger partial charge is 0.228 e. The third kappa shape index (κ3) is 3.67. The minimum Gasteiger partial charge on any atom is -0.488 e. The van der Waals surface area contributed by atoms with E-state index in [4.69, 9.17) is 15.9 Å². The van der Waals surface area contributed by atoms with E-state index in [2.05, 4.69) is 21.8 Å². The summed E-state index contributed by atoms with van der Waals surface area (Å²) in [4.78, 5) is 25.4. The van der Waals surface area contributed by atoms with Gasteiger partial charge >= 0.3 is 0 Å². The molecule has 8 heteroatoms. The van der Waals surface area contributed by atoms with Crippen LogP contribution in [0.3, 0.4) is 0 Å². The number of carbonyl (C=O) groups excluding carboxylic acids is 1. The number of hydrogen-bond donors (Lipinski definition) is 2. The number of nitrogens with zero attached hydrogens (tertiary/aromatic N) is 4. The molecule has 0 unspecified atom stereocenters. The van der Waals surface area contributed by atoms with E-state index >= 15 is 0 Å². The first kappa shape index (κ1) is 20.7. The van der Waals surface area contributed by atoms with Crippen molar-refractivity contribution in [2.75, 3.05) is 37.3 Å². The SMILES string of the molecule is CN1CCC2(CCN(c3cc(C(=N)c4cc(OC5(C)CC5)ccc4N)ncn3)CC2)C1=O. The summed E-state index contributed by atoms with van der Waals surface area (Å²) in [6.07, 6.45) is 6.18. The number of ether oxygens (including phenoxy) is 1. The van der Waals surface area contributed by atoms with Crippen LogP contribution in [-0.4, -0.2) is 58.8 Å². The van der Waals surface area contributed by atoms with Gasteiger partial charge in [0, 0.05) is 44.0 Å². The van der Waals surface area contributed by atoms with Crippen LogP contribution in [0.25, 0.3) is 0 Å². The Balaban J connectivity index is 1.33. The van der Waals surface area contributed by atoms with Gasteiger partial charge in [-0.1, -0.05) is 0 Å². The van der Waals surface area contributed by atoms with Crippen molar-refractivity contribution in [2.24, 2.45) is 5.41 Å². The third-order valence-electron chi connectivity index (χ3n) is 7.29. The van der Waals surface area contributed by atoms with Crippen LogP contribution in [-0.2, 0) is 4.79 Å². The van der Waals surface area contributed by atoms with Gasteiger partial charge in [0.15, 0.2) is 0 Å². The Morgan fingerprint density at radius 1 is 1.09 bits per heavy atom. The number of rotatable bonds is 5. The van der Waals surface area contributed by atoms with Gasteiger partial charge in [-0.05, 0) is 57.2 Å². The van der Waals surface area contributed by atoms with E-state index in [0.717, 1.165) is 63.3 Å². The van der Waals surface area contributed by atoms with Gasteiger partial charge in [0.1, 0.15) is 23.5 Å². The van der Waals surface area contributed by atoms with E-state index in [9.17, 15) is 4.79 Å². The van der Waals surface area contributed by atoms with E-state index in [-0.39, 0.29) is 22.6 Å². The molecule has 0 bridgehead atoms. The van der Waals surface area contributed by atoms with Crippen molar-refractivity contribution in [3.63, 3.8) is 0 Å². The standard InChI is InChI=1S/C24H30N6O2/c1-23(5-6-23)32-16-3-4-18(25)17(13-16)21(26)19-14-20(28-15-27-19)30-11-8-24(9-12-30)7-10-29(2)22(24)31/h3-4,13-15,26H,5-12,25H2,1-2H3. The fourth-order valence-corrected chi connectivity index (χ4v) is 4.80. The number of nitrogens with two attached hydrogens (primary N) is 1. The van der Waals surface area contributed by atoms with Gasteiger partial charge in [-0.15, -0.1) is 0 Å². The van der Waals surface area contributed by atoms with Gasteiger partial charge in [-0.3, -0.25) is 10.2 Å². The van der Waals surface area contributed by atoms with Gasteiger partial charge in [-0.25, -0.2) is 9.97 Å². The number of likely N-dealkylation sites (tertiary alicyclic amines) is 1. The molecule has 2 aromatic rings. The number of nitrogen functional groups attached to an aromatic ring is 1. The van der Waals surface area contributed by atoms with E-state index in [1.54, 1.807) is 6.07 Å². The number of anilines is 2. The fraction of sp³-hybridized carbons (Fsp3) is 0.500. The van der Waals surface area contributed by atoms with Gasteiger partial charge in [-0.2, -0.15) is 0 Å². The lowest BCUT2D eigenvalue weighted by Crippen LogP contribution is -2.44. The van der Waals surface area contributed by atoms with E-state index < -0.39 is 0 Å². The van der Waals surface area contributed by atoms with E-state index in [0.29, 0.717) is 16.9 Å². The first-order valence-corrected chi connectivity index (χ1v) is 11.3. The molecule has 1 aromatic heterocycles. The zero-order valence-corrected chi connectivity index (χ0v) is 18.7. The van der Waals surface area contributed by atoms with Crippen LogP contribution in [0.2, 0.25) is 0 Å². The summed E-state index contributed by atoms with van der Waals surface area (Å²) in [7, 11) is 1.89. The number of benzene rings is 1. The number of amides is 1. The van der Waals surface area contributed by atoms with Gasteiger partial charge in [0.2, 0.25) is 5.91 Å². The number of piperidine rings is 1. The minimum absolute atomic E-state index is 0.0984. The molecule has 3 N–H and O–H groups in total. The van der Waals surface area contributed by atoms with Crippen LogP contribution >= 0.6 is 0 Å². The van der Waals surface area contributed by atoms with Crippen LogP contribution in [0.1, 0.15) is 50.3 Å². The summed E-state index contributed by atoms with van der Waals surface area (Å²) < 4.78 is 6.05. The molecule has 1 aromatic carbocycles. The lowest BCUT2D eigenvalue weighted by molar-refractivity contribution is -0.135. The predicted molar refractivity (Wildman–Crippen MR) is 123 cm³/mol. The molecule has 3 fully saturated rings. The molecule has 1 amide bonds. The highest BCUT2D eigenvalue weighted by molar-refractivity contribution is 6.13. The van der Waals surface area contributed by atoms with Crippen LogP contribution in [0.5, 0.6) is 5.75 Å². The quantitative estimate of drug-likeness (QED) is 0.553. The van der Waals surface area contributed by atoms with Crippen LogP contribution < -0.4 is 15.4 Å². The lowest BCUT2D eigenvalue weighted by atomic mass is 9.77. The minimum atomic E-state index is -0.207. The monoisotopic (exact) mass is 434 g/mol. The molecule has 0 atom stereocenters. The maximum absolute atomic E-state index is 12.6. The van der Waals surface area contributed by atoms with Crippen molar-refractivity contribution in [1.82, 2.24) is 14.9 Å². The Morgan fingerprint density at radius 3 is 2.47 bits per heavy atom. The summed E-state index contributed by atoms with van der Waals surface area (Å²) in [6, 6.07) is 7.31. The van der Waals surface area contributed by atoms with Crippen molar-refractivity contribution in [3.8, 4) is 5.75 Å². The average molecular weight is 435 g/mol. The number of nitrogens with one attached hydrogen (secondary N) is 1. The first-order chi connectivity index (χ1) is 15.3. The second-order valence-corrected chi connectivity index (χ2v) is 9.68. The highest BCUT2D eigenvalue weighted by atomic mass is 16.5. The number of carbonyl (C=O) groups is 1. The Kier molecular flexibility index (Phi) is 4.83. The fourth-order valence-electron chi connectivity index (χ4n) is 4.80. The third-order valence-corrected chi connectivity index (χ3v) is 7.29. The van der Waals surface area contributed by atoms with Crippen LogP contribution in [0, 0.1) is 10.8 Å². The molecule has 8 nitrogen and oxygen atoms in total. The number of hydrogen-bond acceptors (Lipinski definition) is 7. The second-order valence-electron chi connectivity index (χ2n) is 9.68. The topological polar surface area (TPSA) is 108 Å². The Morgan fingerprint density at radius 2 is 1.81 bits per heavy atom. The molecular formula is C24H30N6O2. The Bertz CT molecular complexity index is 1070. The molecule has 2 saturated heterocycles. The van der Waals surface area contributed by atoms with E-state index in [1.807, 2.05) is 30.1 Å². The molecule has 32 heavy (non-hydrogen) atoms. The van der Waals surface area contributed by atoms with Crippen molar-refractivity contribution in [3.05, 3.63) is 41.9 Å². The maximum atomic E-state index is 12.6. The molecule has 1 spiro atoms. The van der Waals surface area contributed by atoms with Crippen molar-refractivity contribution < 1.29 is 9.53 Å². The summed E-state index contributed by atoms with van der Waals surface area (Å²) in [5.74, 6) is 1.78. The molecule has 2 aliphatic heterocycles. The largest absolute Gasteiger partial charge is 0.488 e. The normalized spacial score (nSPS) is 21.1. The molecule has 168 valence electrons. The highest BCUT2D eigenvalue weighted by Crippen LogP contribution is 2.42. The molecular weight excluding hydrogens is 404 g/mol. The Hall–Kier alpha value is -3.16.